The first-order valence-corrected chi connectivity index (χ1v) is 8.60. The molecule has 0 saturated heterocycles. The summed E-state index contributed by atoms with van der Waals surface area (Å²) in [6, 6.07) is 5.32. The Labute approximate surface area is 135 Å². The van der Waals surface area contributed by atoms with Gasteiger partial charge in [0.25, 0.3) is 0 Å². The van der Waals surface area contributed by atoms with Crippen molar-refractivity contribution in [3.63, 3.8) is 0 Å². The van der Waals surface area contributed by atoms with Crippen LogP contribution in [0.4, 0.5) is 4.39 Å². The van der Waals surface area contributed by atoms with Crippen LogP contribution >= 0.6 is 27.5 Å². The standard InChI is InChI=1S/C17H23BrClF/c1-11-4-6-13(15(19)8-11)17(2,3)10-12-5-7-16(20)14(18)9-12/h5,7,9,11,13,15H,4,6,8,10H2,1-3H3. The second-order valence-corrected chi connectivity index (χ2v) is 8.37. The van der Waals surface area contributed by atoms with Gasteiger partial charge in [0.05, 0.1) is 4.47 Å². The van der Waals surface area contributed by atoms with Gasteiger partial charge in [-0.15, -0.1) is 11.6 Å². The van der Waals surface area contributed by atoms with E-state index in [9.17, 15) is 4.39 Å². The Hall–Kier alpha value is -0.0800. The molecule has 112 valence electrons. The maximum absolute atomic E-state index is 13.3. The zero-order valence-electron chi connectivity index (χ0n) is 12.4. The predicted octanol–water partition coefficient (Wildman–Crippen LogP) is 6.20. The van der Waals surface area contributed by atoms with Crippen molar-refractivity contribution >= 4 is 27.5 Å². The van der Waals surface area contributed by atoms with Crippen molar-refractivity contribution in [2.45, 2.75) is 51.8 Å². The molecule has 3 atom stereocenters. The maximum Gasteiger partial charge on any atom is 0.137 e. The van der Waals surface area contributed by atoms with Gasteiger partial charge in [0.2, 0.25) is 0 Å². The lowest BCUT2D eigenvalue weighted by atomic mass is 9.66. The SMILES string of the molecule is CC1CCC(C(C)(C)Cc2ccc(F)c(Br)c2)C(Cl)C1. The molecule has 1 aliphatic carbocycles. The Morgan fingerprint density at radius 3 is 2.65 bits per heavy atom. The van der Waals surface area contributed by atoms with Crippen LogP contribution in [0.1, 0.15) is 45.6 Å². The fourth-order valence-corrected chi connectivity index (χ4v) is 4.70. The predicted molar refractivity (Wildman–Crippen MR) is 87.7 cm³/mol. The number of halogens is 3. The summed E-state index contributed by atoms with van der Waals surface area (Å²) < 4.78 is 13.9. The van der Waals surface area contributed by atoms with Crippen molar-refractivity contribution in [3.05, 3.63) is 34.1 Å². The summed E-state index contributed by atoms with van der Waals surface area (Å²) in [5.74, 6) is 1.07. The Morgan fingerprint density at radius 2 is 2.05 bits per heavy atom. The summed E-state index contributed by atoms with van der Waals surface area (Å²) in [5.41, 5.74) is 1.31. The van der Waals surface area contributed by atoms with Crippen LogP contribution in [-0.4, -0.2) is 5.38 Å². The third-order valence-corrected chi connectivity index (χ3v) is 5.77. The highest BCUT2D eigenvalue weighted by Gasteiger charge is 2.38. The van der Waals surface area contributed by atoms with Crippen molar-refractivity contribution in [3.8, 4) is 0 Å². The fraction of sp³-hybridized carbons (Fsp3) is 0.647. The molecule has 2 rings (SSSR count). The lowest BCUT2D eigenvalue weighted by molar-refractivity contribution is 0.142. The molecule has 0 aromatic heterocycles. The van der Waals surface area contributed by atoms with Crippen molar-refractivity contribution in [2.75, 3.05) is 0 Å². The quantitative estimate of drug-likeness (QED) is 0.562. The molecule has 0 nitrogen and oxygen atoms in total. The molecule has 0 N–H and O–H groups in total. The van der Waals surface area contributed by atoms with E-state index in [2.05, 4.69) is 36.7 Å². The van der Waals surface area contributed by atoms with Crippen LogP contribution in [0.3, 0.4) is 0 Å². The van der Waals surface area contributed by atoms with E-state index in [1.165, 1.54) is 24.5 Å². The van der Waals surface area contributed by atoms with Gasteiger partial charge in [0.15, 0.2) is 0 Å². The number of alkyl halides is 1. The average Bonchev–Trinajstić information content (AvgIpc) is 2.33. The summed E-state index contributed by atoms with van der Waals surface area (Å²) in [5, 5.41) is 0.262. The Morgan fingerprint density at radius 1 is 1.35 bits per heavy atom. The van der Waals surface area contributed by atoms with E-state index in [1.807, 2.05) is 12.1 Å². The van der Waals surface area contributed by atoms with Crippen LogP contribution in [0.5, 0.6) is 0 Å². The van der Waals surface area contributed by atoms with E-state index in [0.29, 0.717) is 10.4 Å². The van der Waals surface area contributed by atoms with Crippen LogP contribution < -0.4 is 0 Å². The summed E-state index contributed by atoms with van der Waals surface area (Å²) in [6.07, 6.45) is 4.52. The van der Waals surface area contributed by atoms with Gasteiger partial charge in [-0.25, -0.2) is 4.39 Å². The van der Waals surface area contributed by atoms with Gasteiger partial charge < -0.3 is 0 Å². The first-order valence-electron chi connectivity index (χ1n) is 7.37. The van der Waals surface area contributed by atoms with E-state index < -0.39 is 0 Å². The van der Waals surface area contributed by atoms with Gasteiger partial charge in [0.1, 0.15) is 5.82 Å². The van der Waals surface area contributed by atoms with Gasteiger partial charge in [0, 0.05) is 5.38 Å². The summed E-state index contributed by atoms with van der Waals surface area (Å²) in [4.78, 5) is 0. The average molecular weight is 362 g/mol. The van der Waals surface area contributed by atoms with E-state index in [4.69, 9.17) is 11.6 Å². The van der Waals surface area contributed by atoms with Crippen molar-refractivity contribution in [1.29, 1.82) is 0 Å². The smallest absolute Gasteiger partial charge is 0.137 e. The lowest BCUT2D eigenvalue weighted by Gasteiger charge is -2.42. The number of hydrogen-bond donors (Lipinski definition) is 0. The molecule has 0 heterocycles. The normalized spacial score (nSPS) is 27.6. The summed E-state index contributed by atoms with van der Waals surface area (Å²) in [7, 11) is 0. The van der Waals surface area contributed by atoms with Crippen LogP contribution in [0.15, 0.2) is 22.7 Å². The van der Waals surface area contributed by atoms with Crippen molar-refractivity contribution in [1.82, 2.24) is 0 Å². The molecule has 1 aromatic carbocycles. The molecule has 0 amide bonds. The minimum Gasteiger partial charge on any atom is -0.206 e. The zero-order chi connectivity index (χ0) is 14.9. The molecule has 1 fully saturated rings. The third kappa shape index (κ3) is 3.76. The van der Waals surface area contributed by atoms with Crippen LogP contribution in [0.2, 0.25) is 0 Å². The highest BCUT2D eigenvalue weighted by molar-refractivity contribution is 9.10. The van der Waals surface area contributed by atoms with E-state index in [1.54, 1.807) is 0 Å². The Bertz CT molecular complexity index is 472. The van der Waals surface area contributed by atoms with Crippen LogP contribution in [0, 0.1) is 23.1 Å². The van der Waals surface area contributed by atoms with E-state index in [-0.39, 0.29) is 16.6 Å². The highest BCUT2D eigenvalue weighted by Crippen LogP contribution is 2.44. The number of rotatable bonds is 3. The van der Waals surface area contributed by atoms with E-state index in [0.717, 1.165) is 18.8 Å². The minimum absolute atomic E-state index is 0.143. The van der Waals surface area contributed by atoms with Crippen LogP contribution in [0.25, 0.3) is 0 Å². The molecule has 0 aliphatic heterocycles. The molecule has 0 spiro atoms. The lowest BCUT2D eigenvalue weighted by Crippen LogP contribution is -2.37. The summed E-state index contributed by atoms with van der Waals surface area (Å²) in [6.45, 7) is 6.87. The van der Waals surface area contributed by atoms with Crippen molar-refractivity contribution < 1.29 is 4.39 Å². The van der Waals surface area contributed by atoms with Gasteiger partial charge in [-0.1, -0.05) is 33.3 Å². The number of hydrogen-bond acceptors (Lipinski definition) is 0. The van der Waals surface area contributed by atoms with Crippen LogP contribution in [-0.2, 0) is 6.42 Å². The van der Waals surface area contributed by atoms with Crippen molar-refractivity contribution in [2.24, 2.45) is 17.3 Å². The van der Waals surface area contributed by atoms with Gasteiger partial charge >= 0.3 is 0 Å². The molecule has 3 unspecified atom stereocenters. The molecular weight excluding hydrogens is 339 g/mol. The fourth-order valence-electron chi connectivity index (χ4n) is 3.50. The summed E-state index contributed by atoms with van der Waals surface area (Å²) >= 11 is 9.88. The van der Waals surface area contributed by atoms with Gasteiger partial charge in [-0.3, -0.25) is 0 Å². The van der Waals surface area contributed by atoms with Gasteiger partial charge in [-0.2, -0.15) is 0 Å². The Kier molecular flexibility index (Phi) is 5.18. The molecule has 20 heavy (non-hydrogen) atoms. The Balaban J connectivity index is 2.11. The zero-order valence-corrected chi connectivity index (χ0v) is 14.8. The second kappa shape index (κ2) is 6.36. The molecule has 0 radical (unpaired) electrons. The molecule has 1 aliphatic rings. The molecule has 0 bridgehead atoms. The topological polar surface area (TPSA) is 0 Å². The maximum atomic E-state index is 13.3. The van der Waals surface area contributed by atoms with Gasteiger partial charge in [-0.05, 0) is 70.1 Å². The molecule has 1 aromatic rings. The minimum atomic E-state index is -0.201. The van der Waals surface area contributed by atoms with E-state index >= 15 is 0 Å². The molecule has 1 saturated carbocycles. The number of benzene rings is 1. The molecular formula is C17H23BrClF. The third-order valence-electron chi connectivity index (χ3n) is 4.68. The molecule has 3 heteroatoms. The largest absolute Gasteiger partial charge is 0.206 e. The monoisotopic (exact) mass is 360 g/mol. The highest BCUT2D eigenvalue weighted by atomic mass is 79.9. The second-order valence-electron chi connectivity index (χ2n) is 6.95. The first kappa shape index (κ1) is 16.3. The first-order chi connectivity index (χ1) is 9.29.